The Morgan fingerprint density at radius 3 is 2.36 bits per heavy atom. The third kappa shape index (κ3) is 4.57. The molecule has 3 amide bonds. The highest BCUT2D eigenvalue weighted by Crippen LogP contribution is 2.54. The normalized spacial score (nSPS) is 30.1. The van der Waals surface area contributed by atoms with E-state index in [0.29, 0.717) is 19.5 Å². The zero-order valence-corrected chi connectivity index (χ0v) is 24.2. The third-order valence-corrected chi connectivity index (χ3v) is 9.35. The number of amides is 3. The van der Waals surface area contributed by atoms with Gasteiger partial charge in [-0.25, -0.2) is 0 Å². The molecule has 8 heteroatoms. The van der Waals surface area contributed by atoms with Crippen LogP contribution in [0.1, 0.15) is 32.3 Å². The van der Waals surface area contributed by atoms with Gasteiger partial charge in [0.2, 0.25) is 17.7 Å². The van der Waals surface area contributed by atoms with E-state index in [4.69, 9.17) is 4.74 Å². The number of hydrogen-bond acceptors (Lipinski definition) is 5. The first-order valence-corrected chi connectivity index (χ1v) is 15.1. The lowest BCUT2D eigenvalue weighted by Gasteiger charge is -2.40. The molecule has 2 aromatic rings. The minimum absolute atomic E-state index is 0.0398. The molecule has 0 aliphatic carbocycles. The molecule has 1 spiro atoms. The Hall–Kier alpha value is -3.75. The number of hydrogen-bond donors (Lipinski definition) is 1. The average molecular weight is 570 g/mol. The molecular weight excluding hydrogens is 530 g/mol. The van der Waals surface area contributed by atoms with Gasteiger partial charge in [-0.1, -0.05) is 86.2 Å². The fraction of sp³-hybridized carbons (Fsp3) is 0.441. The number of likely N-dealkylation sites (tertiary alicyclic amines) is 1. The fourth-order valence-corrected chi connectivity index (χ4v) is 7.43. The summed E-state index contributed by atoms with van der Waals surface area (Å²) in [5.41, 5.74) is 0.372. The molecule has 2 unspecified atom stereocenters. The molecular formula is C34H39N3O5. The highest BCUT2D eigenvalue weighted by atomic mass is 16.5. The standard InChI is InChI=1S/C34H39N3O5/c1-3-12-23(2)35-20-11-18-34-29(28-27(42-34)17-10-19-36(31(28)39)25-15-8-5-9-16-25)32(40)37(30(34)33(35)41)26(22-38)21-24-13-6-4-7-14-24/h4-11,13-18,23,26-30,38H,3,12,19-22H2,1-2H3/t23?,26-,27+,28-,29+,30?,34+/m1/s1. The van der Waals surface area contributed by atoms with Gasteiger partial charge in [-0.2, -0.15) is 0 Å². The molecule has 6 rings (SSSR count). The average Bonchev–Trinajstić information content (AvgIpc) is 3.32. The molecule has 0 aromatic heterocycles. The zero-order chi connectivity index (χ0) is 29.4. The van der Waals surface area contributed by atoms with E-state index in [-0.39, 0.29) is 30.4 Å². The van der Waals surface area contributed by atoms with Crippen LogP contribution >= 0.6 is 0 Å². The van der Waals surface area contributed by atoms with Crippen molar-refractivity contribution < 1.29 is 24.2 Å². The number of anilines is 1. The number of para-hydroxylation sites is 1. The first kappa shape index (κ1) is 28.4. The van der Waals surface area contributed by atoms with Crippen molar-refractivity contribution in [3.05, 3.63) is 90.5 Å². The van der Waals surface area contributed by atoms with Gasteiger partial charge in [0.1, 0.15) is 11.6 Å². The quantitative estimate of drug-likeness (QED) is 0.493. The molecule has 42 heavy (non-hydrogen) atoms. The van der Waals surface area contributed by atoms with Crippen molar-refractivity contribution in [2.75, 3.05) is 24.6 Å². The molecule has 8 nitrogen and oxygen atoms in total. The van der Waals surface area contributed by atoms with E-state index in [1.165, 1.54) is 0 Å². The van der Waals surface area contributed by atoms with Crippen LogP contribution in [0.25, 0.3) is 0 Å². The van der Waals surface area contributed by atoms with Crippen molar-refractivity contribution in [3.8, 4) is 0 Å². The van der Waals surface area contributed by atoms with Gasteiger partial charge in [0, 0.05) is 24.8 Å². The van der Waals surface area contributed by atoms with Crippen LogP contribution in [0.15, 0.2) is 85.0 Å². The molecule has 7 atom stereocenters. The Morgan fingerprint density at radius 2 is 1.67 bits per heavy atom. The van der Waals surface area contributed by atoms with Crippen molar-refractivity contribution in [3.63, 3.8) is 0 Å². The molecule has 1 N–H and O–H groups in total. The lowest BCUT2D eigenvalue weighted by molar-refractivity contribution is -0.151. The highest BCUT2D eigenvalue weighted by Gasteiger charge is 2.72. The fourth-order valence-electron chi connectivity index (χ4n) is 7.43. The van der Waals surface area contributed by atoms with Crippen LogP contribution in [0.4, 0.5) is 5.69 Å². The topological polar surface area (TPSA) is 90.4 Å². The van der Waals surface area contributed by atoms with Crippen LogP contribution in [0, 0.1) is 11.8 Å². The van der Waals surface area contributed by atoms with Crippen molar-refractivity contribution in [1.29, 1.82) is 0 Å². The molecule has 2 aromatic carbocycles. The van der Waals surface area contributed by atoms with E-state index in [0.717, 1.165) is 24.1 Å². The molecule has 2 saturated heterocycles. The van der Waals surface area contributed by atoms with Crippen LogP contribution in [0.2, 0.25) is 0 Å². The maximum atomic E-state index is 14.7. The van der Waals surface area contributed by atoms with Gasteiger partial charge >= 0.3 is 0 Å². The number of rotatable bonds is 8. The van der Waals surface area contributed by atoms with Gasteiger partial charge in [0.25, 0.3) is 0 Å². The first-order valence-electron chi connectivity index (χ1n) is 15.1. The maximum Gasteiger partial charge on any atom is 0.249 e. The lowest BCUT2D eigenvalue weighted by Crippen LogP contribution is -2.59. The van der Waals surface area contributed by atoms with Crippen LogP contribution in [-0.2, 0) is 25.5 Å². The summed E-state index contributed by atoms with van der Waals surface area (Å²) >= 11 is 0. The van der Waals surface area contributed by atoms with Crippen LogP contribution in [0.5, 0.6) is 0 Å². The van der Waals surface area contributed by atoms with E-state index in [2.05, 4.69) is 6.92 Å². The molecule has 0 bridgehead atoms. The summed E-state index contributed by atoms with van der Waals surface area (Å²) in [5.74, 6) is -2.42. The number of carbonyl (C=O) groups is 3. The van der Waals surface area contributed by atoms with E-state index in [1.807, 2.05) is 96.8 Å². The van der Waals surface area contributed by atoms with Crippen LogP contribution in [-0.4, -0.2) is 82.2 Å². The number of benzene rings is 2. The SMILES string of the molecule is CCCC(C)N1CC=C[C@]23O[C@H]4C=CCN(c5ccccc5)C(=O)[C@H]4[C@H]2C(=O)N([C@@H](CO)Cc2ccccc2)C3C1=O. The number of ether oxygens (including phenoxy) is 1. The summed E-state index contributed by atoms with van der Waals surface area (Å²) < 4.78 is 6.79. The van der Waals surface area contributed by atoms with Gasteiger partial charge in [-0.15, -0.1) is 0 Å². The molecule has 4 aliphatic heterocycles. The summed E-state index contributed by atoms with van der Waals surface area (Å²) in [6.45, 7) is 4.56. The minimum atomic E-state index is -1.33. The van der Waals surface area contributed by atoms with E-state index < -0.39 is 35.6 Å². The van der Waals surface area contributed by atoms with Gasteiger partial charge in [-0.05, 0) is 37.5 Å². The van der Waals surface area contributed by atoms with Crippen molar-refractivity contribution >= 4 is 23.4 Å². The number of aliphatic hydroxyl groups is 1. The summed E-state index contributed by atoms with van der Waals surface area (Å²) in [7, 11) is 0. The third-order valence-electron chi connectivity index (χ3n) is 9.35. The Kier molecular flexibility index (Phi) is 7.77. The van der Waals surface area contributed by atoms with E-state index in [1.54, 1.807) is 9.80 Å². The summed E-state index contributed by atoms with van der Waals surface area (Å²) in [4.78, 5) is 48.7. The zero-order valence-electron chi connectivity index (χ0n) is 24.2. The Morgan fingerprint density at radius 1 is 0.952 bits per heavy atom. The lowest BCUT2D eigenvalue weighted by atomic mass is 9.77. The Balaban J connectivity index is 1.45. The first-order chi connectivity index (χ1) is 20.4. The molecule has 4 aliphatic rings. The van der Waals surface area contributed by atoms with Crippen molar-refractivity contribution in [2.45, 2.75) is 62.9 Å². The minimum Gasteiger partial charge on any atom is -0.394 e. The molecule has 0 radical (unpaired) electrons. The predicted octanol–water partition coefficient (Wildman–Crippen LogP) is 3.36. The molecule has 2 fully saturated rings. The number of carbonyl (C=O) groups excluding carboxylic acids is 3. The van der Waals surface area contributed by atoms with Gasteiger partial charge in [0.05, 0.1) is 30.6 Å². The Bertz CT molecular complexity index is 1380. The summed E-state index contributed by atoms with van der Waals surface area (Å²) in [6.07, 6.45) is 9.05. The second-order valence-electron chi connectivity index (χ2n) is 11.9. The maximum absolute atomic E-state index is 14.7. The number of fused-ring (bicyclic) bond motifs is 2. The molecule has 0 saturated carbocycles. The number of nitrogens with zero attached hydrogens (tertiary/aromatic N) is 3. The van der Waals surface area contributed by atoms with Gasteiger partial charge < -0.3 is 24.5 Å². The summed E-state index contributed by atoms with van der Waals surface area (Å²) in [6, 6.07) is 17.4. The summed E-state index contributed by atoms with van der Waals surface area (Å²) in [5, 5.41) is 10.7. The largest absolute Gasteiger partial charge is 0.394 e. The Labute approximate surface area is 247 Å². The monoisotopic (exact) mass is 569 g/mol. The molecule has 220 valence electrons. The second-order valence-corrected chi connectivity index (χ2v) is 11.9. The smallest absolute Gasteiger partial charge is 0.249 e. The van der Waals surface area contributed by atoms with E-state index >= 15 is 0 Å². The number of aliphatic hydroxyl groups excluding tert-OH is 1. The van der Waals surface area contributed by atoms with Crippen molar-refractivity contribution in [2.24, 2.45) is 11.8 Å². The second kappa shape index (κ2) is 11.5. The predicted molar refractivity (Wildman–Crippen MR) is 159 cm³/mol. The molecule has 4 heterocycles. The van der Waals surface area contributed by atoms with E-state index in [9.17, 15) is 19.5 Å². The van der Waals surface area contributed by atoms with Gasteiger partial charge in [-0.3, -0.25) is 14.4 Å². The highest BCUT2D eigenvalue weighted by molar-refractivity contribution is 6.04. The van der Waals surface area contributed by atoms with Gasteiger partial charge in [0.15, 0.2) is 0 Å². The van der Waals surface area contributed by atoms with Crippen LogP contribution < -0.4 is 4.90 Å². The van der Waals surface area contributed by atoms with Crippen molar-refractivity contribution in [1.82, 2.24) is 9.80 Å². The van der Waals surface area contributed by atoms with Crippen LogP contribution in [0.3, 0.4) is 0 Å².